The molecule has 4 aromatic carbocycles. The SMILES string of the molecule is CC.CC.CCCc1c(CC)c2cc(Cl)ccc2n1CC(C)(O)c1ccc(Cl)c(F)c1.CN1CCc2c(c3cc(Cl)ccc3n2CC(C)(O)c2ccc(F)c(F)c2)C1. The van der Waals surface area contributed by atoms with Crippen molar-refractivity contribution in [3.63, 3.8) is 0 Å². The molecule has 58 heavy (non-hydrogen) atoms. The van der Waals surface area contributed by atoms with E-state index < -0.39 is 28.7 Å². The number of nitrogens with zero attached hydrogens (tertiary/aromatic N) is 3. The minimum absolute atomic E-state index is 0.0514. The fourth-order valence-electron chi connectivity index (χ4n) is 7.75. The molecule has 5 nitrogen and oxygen atoms in total. The molecule has 0 aliphatic carbocycles. The molecular weight excluding hydrogens is 802 g/mol. The highest BCUT2D eigenvalue weighted by molar-refractivity contribution is 6.31. The van der Waals surface area contributed by atoms with Crippen molar-refractivity contribution in [1.29, 1.82) is 0 Å². The van der Waals surface area contributed by atoms with Gasteiger partial charge in [-0.3, -0.25) is 0 Å². The molecule has 0 amide bonds. The molecule has 2 unspecified atom stereocenters. The number of hydrogen-bond acceptors (Lipinski definition) is 3. The van der Waals surface area contributed by atoms with Crippen molar-refractivity contribution in [3.8, 4) is 0 Å². The molecule has 0 radical (unpaired) electrons. The Morgan fingerprint density at radius 1 is 0.672 bits per heavy atom. The van der Waals surface area contributed by atoms with Crippen LogP contribution in [-0.4, -0.2) is 37.8 Å². The first kappa shape index (κ1) is 47.2. The lowest BCUT2D eigenvalue weighted by molar-refractivity contribution is 0.0378. The van der Waals surface area contributed by atoms with Crippen molar-refractivity contribution in [2.75, 3.05) is 13.6 Å². The maximum atomic E-state index is 13.9. The maximum Gasteiger partial charge on any atom is 0.159 e. The lowest BCUT2D eigenvalue weighted by atomic mass is 9.95. The second-order valence-electron chi connectivity index (χ2n) is 14.7. The Morgan fingerprint density at radius 2 is 1.21 bits per heavy atom. The molecule has 1 aliphatic rings. The van der Waals surface area contributed by atoms with Crippen LogP contribution in [0.4, 0.5) is 13.2 Å². The van der Waals surface area contributed by atoms with E-state index in [-0.39, 0.29) is 11.6 Å². The average Bonchev–Trinajstić information content (AvgIpc) is 3.64. The van der Waals surface area contributed by atoms with E-state index in [0.717, 1.165) is 78.4 Å². The van der Waals surface area contributed by atoms with Crippen molar-refractivity contribution in [3.05, 3.63) is 139 Å². The van der Waals surface area contributed by atoms with Gasteiger partial charge in [0.1, 0.15) is 17.0 Å². The molecule has 0 saturated carbocycles. The van der Waals surface area contributed by atoms with Gasteiger partial charge in [0.15, 0.2) is 11.6 Å². The van der Waals surface area contributed by atoms with E-state index in [1.807, 2.05) is 64.1 Å². The number of halogens is 6. The molecule has 6 aromatic rings. The first-order chi connectivity index (χ1) is 27.5. The van der Waals surface area contributed by atoms with Crippen LogP contribution in [0.2, 0.25) is 15.1 Å². The van der Waals surface area contributed by atoms with Gasteiger partial charge in [-0.25, -0.2) is 13.2 Å². The molecule has 2 atom stereocenters. The van der Waals surface area contributed by atoms with Gasteiger partial charge < -0.3 is 24.2 Å². The predicted molar refractivity (Wildman–Crippen MR) is 237 cm³/mol. The van der Waals surface area contributed by atoms with Gasteiger partial charge in [-0.1, -0.05) is 94.9 Å². The van der Waals surface area contributed by atoms with Crippen LogP contribution in [0.15, 0.2) is 72.8 Å². The van der Waals surface area contributed by atoms with E-state index in [1.54, 1.807) is 19.9 Å². The van der Waals surface area contributed by atoms with Gasteiger partial charge >= 0.3 is 0 Å². The average molecular weight is 859 g/mol. The Bertz CT molecular complexity index is 2330. The summed E-state index contributed by atoms with van der Waals surface area (Å²) in [4.78, 5) is 2.25. The molecule has 0 fully saturated rings. The largest absolute Gasteiger partial charge is 0.384 e. The number of hydrogen-bond donors (Lipinski definition) is 2. The number of aliphatic hydroxyl groups is 2. The topological polar surface area (TPSA) is 53.6 Å². The second-order valence-corrected chi connectivity index (χ2v) is 16.0. The van der Waals surface area contributed by atoms with E-state index in [9.17, 15) is 23.4 Å². The van der Waals surface area contributed by atoms with Crippen LogP contribution in [0.1, 0.15) is 95.5 Å². The summed E-state index contributed by atoms with van der Waals surface area (Å²) in [5, 5.41) is 25.9. The highest BCUT2D eigenvalue weighted by Crippen LogP contribution is 2.37. The highest BCUT2D eigenvalue weighted by atomic mass is 35.5. The number of benzene rings is 4. The normalized spacial score (nSPS) is 14.6. The summed E-state index contributed by atoms with van der Waals surface area (Å²) in [6.45, 7) is 17.9. The minimum atomic E-state index is -1.35. The zero-order chi connectivity index (χ0) is 43.1. The number of fused-ring (bicyclic) bond motifs is 4. The fourth-order valence-corrected chi connectivity index (χ4v) is 8.21. The minimum Gasteiger partial charge on any atom is -0.384 e. The second kappa shape index (κ2) is 20.2. The van der Waals surface area contributed by atoms with Gasteiger partial charge in [-0.15, -0.1) is 0 Å². The first-order valence-electron chi connectivity index (χ1n) is 20.2. The summed E-state index contributed by atoms with van der Waals surface area (Å²) in [5.74, 6) is -2.40. The Hall–Kier alpha value is -3.50. The fraction of sp³-hybridized carbons (Fsp3) is 0.404. The lowest BCUT2D eigenvalue weighted by Gasteiger charge is -2.29. The third kappa shape index (κ3) is 10.3. The van der Waals surface area contributed by atoms with Gasteiger partial charge in [0, 0.05) is 62.7 Å². The summed E-state index contributed by atoms with van der Waals surface area (Å²) in [6.07, 6.45) is 3.64. The number of aryl methyl sites for hydroxylation is 1. The quantitative estimate of drug-likeness (QED) is 0.152. The highest BCUT2D eigenvalue weighted by Gasteiger charge is 2.31. The Morgan fingerprint density at radius 3 is 1.76 bits per heavy atom. The molecule has 7 rings (SSSR count). The van der Waals surface area contributed by atoms with E-state index in [0.29, 0.717) is 27.7 Å². The number of likely N-dealkylation sites (N-methyl/N-ethyl adjacent to an activating group) is 1. The lowest BCUT2D eigenvalue weighted by Crippen LogP contribution is -2.31. The molecule has 1 aliphatic heterocycles. The van der Waals surface area contributed by atoms with Crippen LogP contribution >= 0.6 is 34.8 Å². The van der Waals surface area contributed by atoms with E-state index >= 15 is 0 Å². The Balaban J connectivity index is 0.000000237. The Labute approximate surface area is 357 Å². The number of aromatic nitrogens is 2. The predicted octanol–water partition coefficient (Wildman–Crippen LogP) is 13.0. The van der Waals surface area contributed by atoms with Gasteiger partial charge in [0.2, 0.25) is 0 Å². The van der Waals surface area contributed by atoms with Crippen molar-refractivity contribution < 1.29 is 23.4 Å². The summed E-state index contributed by atoms with van der Waals surface area (Å²) >= 11 is 18.3. The van der Waals surface area contributed by atoms with Crippen molar-refractivity contribution in [1.82, 2.24) is 14.0 Å². The van der Waals surface area contributed by atoms with E-state index in [2.05, 4.69) is 34.9 Å². The molecule has 2 aromatic heterocycles. The summed E-state index contributed by atoms with van der Waals surface area (Å²) in [5.41, 5.74) is 5.11. The van der Waals surface area contributed by atoms with Crippen molar-refractivity contribution in [2.24, 2.45) is 0 Å². The van der Waals surface area contributed by atoms with Gasteiger partial charge in [-0.05, 0) is 117 Å². The van der Waals surface area contributed by atoms with Crippen LogP contribution in [-0.2, 0) is 50.1 Å². The molecule has 3 heterocycles. The van der Waals surface area contributed by atoms with Gasteiger partial charge in [0.25, 0.3) is 0 Å². The Kier molecular flexibility index (Phi) is 16.4. The van der Waals surface area contributed by atoms with Crippen LogP contribution < -0.4 is 0 Å². The molecular formula is C47H57Cl3F3N3O2. The van der Waals surface area contributed by atoms with Crippen LogP contribution in [0.3, 0.4) is 0 Å². The summed E-state index contributed by atoms with van der Waals surface area (Å²) in [7, 11) is 2.08. The molecule has 2 N–H and O–H groups in total. The van der Waals surface area contributed by atoms with Crippen molar-refractivity contribution >= 4 is 56.6 Å². The van der Waals surface area contributed by atoms with Crippen LogP contribution in [0, 0.1) is 17.5 Å². The standard InChI is InChI=1S/C22H24Cl2FNO.C21H21ClF2N2O.2C2H6/c1-4-6-20-16(5-2)17-12-15(23)8-10-21(17)26(20)13-22(3,27)14-7-9-18(24)19(25)11-14;1-21(27,13-3-5-17(23)18(24)9-13)12-26-19-6-4-14(22)10-15(19)16-11-25(2)8-7-20(16)26;2*1-2/h7-12,27H,4-6,13H2,1-3H3;3-6,9-10,27H,7-8,11-12H2,1-2H3;2*1-2H3. The van der Waals surface area contributed by atoms with Crippen LogP contribution in [0.5, 0.6) is 0 Å². The zero-order valence-corrected chi connectivity index (χ0v) is 37.4. The molecule has 0 saturated heterocycles. The molecule has 0 bridgehead atoms. The van der Waals surface area contributed by atoms with E-state index in [1.165, 1.54) is 35.0 Å². The summed E-state index contributed by atoms with van der Waals surface area (Å²) < 4.78 is 45.2. The van der Waals surface area contributed by atoms with Crippen molar-refractivity contribution in [2.45, 2.75) is 112 Å². The molecule has 11 heteroatoms. The maximum absolute atomic E-state index is 13.9. The third-order valence-corrected chi connectivity index (χ3v) is 11.3. The summed E-state index contributed by atoms with van der Waals surface area (Å²) in [6, 6.07) is 19.6. The number of rotatable bonds is 9. The zero-order valence-electron chi connectivity index (χ0n) is 35.1. The third-order valence-electron chi connectivity index (χ3n) is 10.5. The van der Waals surface area contributed by atoms with Crippen LogP contribution in [0.25, 0.3) is 21.8 Å². The smallest absolute Gasteiger partial charge is 0.159 e. The van der Waals surface area contributed by atoms with E-state index in [4.69, 9.17) is 34.8 Å². The molecule has 314 valence electrons. The first-order valence-corrected chi connectivity index (χ1v) is 21.3. The van der Waals surface area contributed by atoms with Gasteiger partial charge in [0.05, 0.1) is 18.1 Å². The van der Waals surface area contributed by atoms with Gasteiger partial charge in [-0.2, -0.15) is 0 Å². The monoisotopic (exact) mass is 857 g/mol. The molecule has 0 spiro atoms.